The molecule has 0 spiro atoms. The minimum absolute atomic E-state index is 0.143. The highest BCUT2D eigenvalue weighted by atomic mass is 16.5. The van der Waals surface area contributed by atoms with Crippen LogP contribution in [0.5, 0.6) is 0 Å². The van der Waals surface area contributed by atoms with Crippen LogP contribution in [0.1, 0.15) is 11.1 Å². The number of ether oxygens (including phenoxy) is 1. The summed E-state index contributed by atoms with van der Waals surface area (Å²) >= 11 is 0. The number of carbonyl (C=O) groups excluding carboxylic acids is 1. The van der Waals surface area contributed by atoms with Crippen molar-refractivity contribution >= 4 is 17.3 Å². The molecule has 0 bridgehead atoms. The average molecular weight is 280 g/mol. The number of carbonyl (C=O) groups is 1. The van der Waals surface area contributed by atoms with Gasteiger partial charge in [-0.05, 0) is 6.07 Å². The number of benzodiazepines with no additional fused rings is 1. The molecule has 4 heteroatoms. The van der Waals surface area contributed by atoms with E-state index in [1.54, 1.807) is 7.11 Å². The highest BCUT2D eigenvalue weighted by Gasteiger charge is 2.25. The zero-order valence-corrected chi connectivity index (χ0v) is 11.7. The lowest BCUT2D eigenvalue weighted by molar-refractivity contribution is -0.118. The maximum absolute atomic E-state index is 12.2. The van der Waals surface area contributed by atoms with Crippen LogP contribution in [-0.4, -0.2) is 31.4 Å². The monoisotopic (exact) mass is 280 g/mol. The van der Waals surface area contributed by atoms with E-state index < -0.39 is 6.04 Å². The molecule has 0 aromatic heterocycles. The first-order valence-electron chi connectivity index (χ1n) is 6.82. The standard InChI is InChI=1S/C17H16N2O2/c1-21-11-15-17(20)19-14-10-6-5-9-13(14)16(18-15)12-7-3-2-4-8-12/h2-10,15H,11H2,1H3,(H,19,20)/t15-/m0/s1. The minimum atomic E-state index is -0.544. The third-order valence-corrected chi connectivity index (χ3v) is 3.40. The van der Waals surface area contributed by atoms with Gasteiger partial charge in [0.15, 0.2) is 6.04 Å². The van der Waals surface area contributed by atoms with Crippen LogP contribution in [-0.2, 0) is 9.53 Å². The summed E-state index contributed by atoms with van der Waals surface area (Å²) in [5.41, 5.74) is 3.51. The predicted octanol–water partition coefficient (Wildman–Crippen LogP) is 2.49. The van der Waals surface area contributed by atoms with Crippen LogP contribution in [0.25, 0.3) is 0 Å². The van der Waals surface area contributed by atoms with Crippen molar-refractivity contribution in [2.24, 2.45) is 4.99 Å². The molecule has 0 unspecified atom stereocenters. The Labute approximate surface area is 123 Å². The molecule has 0 aliphatic carbocycles. The van der Waals surface area contributed by atoms with Crippen LogP contribution in [0.2, 0.25) is 0 Å². The number of aliphatic imine (C=N–C) groups is 1. The summed E-state index contributed by atoms with van der Waals surface area (Å²) in [6.45, 7) is 0.260. The smallest absolute Gasteiger partial charge is 0.251 e. The first kappa shape index (κ1) is 13.5. The third kappa shape index (κ3) is 2.71. The molecular weight excluding hydrogens is 264 g/mol. The van der Waals surface area contributed by atoms with Gasteiger partial charge in [0.1, 0.15) is 0 Å². The summed E-state index contributed by atoms with van der Waals surface area (Å²) in [4.78, 5) is 16.9. The van der Waals surface area contributed by atoms with Gasteiger partial charge in [-0.2, -0.15) is 0 Å². The van der Waals surface area contributed by atoms with Crippen LogP contribution in [0.15, 0.2) is 59.6 Å². The van der Waals surface area contributed by atoms with E-state index in [0.29, 0.717) is 0 Å². The molecule has 0 fully saturated rings. The van der Waals surface area contributed by atoms with Gasteiger partial charge in [0.05, 0.1) is 18.0 Å². The normalized spacial score (nSPS) is 17.5. The molecule has 0 radical (unpaired) electrons. The molecule has 21 heavy (non-hydrogen) atoms. The maximum Gasteiger partial charge on any atom is 0.251 e. The van der Waals surface area contributed by atoms with Crippen molar-refractivity contribution < 1.29 is 9.53 Å². The summed E-state index contributed by atoms with van der Waals surface area (Å²) in [7, 11) is 1.57. The Bertz CT molecular complexity index is 680. The van der Waals surface area contributed by atoms with Crippen LogP contribution in [0, 0.1) is 0 Å². The van der Waals surface area contributed by atoms with Crippen molar-refractivity contribution in [3.8, 4) is 0 Å². The molecule has 0 saturated carbocycles. The molecule has 0 saturated heterocycles. The van der Waals surface area contributed by atoms with Gasteiger partial charge in [0, 0.05) is 18.2 Å². The molecule has 2 aromatic rings. The second-order valence-electron chi connectivity index (χ2n) is 4.85. The number of hydrogen-bond acceptors (Lipinski definition) is 3. The van der Waals surface area contributed by atoms with Gasteiger partial charge in [-0.3, -0.25) is 9.79 Å². The van der Waals surface area contributed by atoms with Gasteiger partial charge < -0.3 is 10.1 Å². The van der Waals surface area contributed by atoms with E-state index in [9.17, 15) is 4.79 Å². The fraction of sp³-hybridized carbons (Fsp3) is 0.176. The number of nitrogens with one attached hydrogen (secondary N) is 1. The Balaban J connectivity index is 2.15. The number of amides is 1. The van der Waals surface area contributed by atoms with E-state index >= 15 is 0 Å². The molecule has 3 rings (SSSR count). The van der Waals surface area contributed by atoms with Crippen LogP contribution < -0.4 is 5.32 Å². The van der Waals surface area contributed by atoms with Gasteiger partial charge >= 0.3 is 0 Å². The quantitative estimate of drug-likeness (QED) is 0.939. The topological polar surface area (TPSA) is 50.7 Å². The van der Waals surface area contributed by atoms with Crippen LogP contribution in [0.4, 0.5) is 5.69 Å². The van der Waals surface area contributed by atoms with Gasteiger partial charge in [0.2, 0.25) is 0 Å². The van der Waals surface area contributed by atoms with Crippen molar-refractivity contribution in [2.45, 2.75) is 6.04 Å². The first-order valence-corrected chi connectivity index (χ1v) is 6.82. The summed E-state index contributed by atoms with van der Waals surface area (Å²) < 4.78 is 5.12. The Morgan fingerprint density at radius 1 is 1.10 bits per heavy atom. The lowest BCUT2D eigenvalue weighted by atomic mass is 10.0. The largest absolute Gasteiger partial charge is 0.382 e. The maximum atomic E-state index is 12.2. The zero-order chi connectivity index (χ0) is 14.7. The molecular formula is C17H16N2O2. The molecule has 1 N–H and O–H groups in total. The number of benzene rings is 2. The van der Waals surface area contributed by atoms with Crippen molar-refractivity contribution in [3.63, 3.8) is 0 Å². The van der Waals surface area contributed by atoms with Crippen molar-refractivity contribution in [3.05, 3.63) is 65.7 Å². The Morgan fingerprint density at radius 3 is 2.57 bits per heavy atom. The van der Waals surface area contributed by atoms with E-state index in [1.807, 2.05) is 54.6 Å². The first-order chi connectivity index (χ1) is 10.3. The number of anilines is 1. The highest BCUT2D eigenvalue weighted by Crippen LogP contribution is 2.24. The lowest BCUT2D eigenvalue weighted by Crippen LogP contribution is -2.29. The second-order valence-corrected chi connectivity index (χ2v) is 4.85. The molecule has 106 valence electrons. The number of para-hydroxylation sites is 1. The highest BCUT2D eigenvalue weighted by molar-refractivity contribution is 6.19. The Hall–Kier alpha value is -2.46. The van der Waals surface area contributed by atoms with Gasteiger partial charge in [-0.25, -0.2) is 0 Å². The average Bonchev–Trinajstić information content (AvgIpc) is 2.66. The molecule has 1 amide bonds. The number of hydrogen-bond donors (Lipinski definition) is 1. The van der Waals surface area contributed by atoms with Crippen LogP contribution in [0.3, 0.4) is 0 Å². The number of nitrogens with zero attached hydrogens (tertiary/aromatic N) is 1. The Kier molecular flexibility index (Phi) is 3.79. The molecule has 2 aromatic carbocycles. The van der Waals surface area contributed by atoms with Gasteiger partial charge in [0.25, 0.3) is 5.91 Å². The fourth-order valence-electron chi connectivity index (χ4n) is 2.40. The fourth-order valence-corrected chi connectivity index (χ4v) is 2.40. The minimum Gasteiger partial charge on any atom is -0.382 e. The zero-order valence-electron chi connectivity index (χ0n) is 11.7. The van der Waals surface area contributed by atoms with Gasteiger partial charge in [-0.15, -0.1) is 0 Å². The van der Waals surface area contributed by atoms with Crippen molar-refractivity contribution in [2.75, 3.05) is 19.0 Å². The number of rotatable bonds is 3. The molecule has 1 heterocycles. The third-order valence-electron chi connectivity index (χ3n) is 3.40. The molecule has 1 aliphatic heterocycles. The summed E-state index contributed by atoms with van der Waals surface area (Å²) in [5.74, 6) is -0.143. The summed E-state index contributed by atoms with van der Waals surface area (Å²) in [6, 6.07) is 17.0. The second kappa shape index (κ2) is 5.89. The van der Waals surface area contributed by atoms with Crippen LogP contribution >= 0.6 is 0 Å². The molecule has 1 atom stereocenters. The van der Waals surface area contributed by atoms with Crippen molar-refractivity contribution in [1.29, 1.82) is 0 Å². The molecule has 1 aliphatic rings. The van der Waals surface area contributed by atoms with Crippen molar-refractivity contribution in [1.82, 2.24) is 0 Å². The van der Waals surface area contributed by atoms with E-state index in [4.69, 9.17) is 4.74 Å². The van der Waals surface area contributed by atoms with Gasteiger partial charge in [-0.1, -0.05) is 48.5 Å². The van der Waals surface area contributed by atoms with E-state index in [1.165, 1.54) is 0 Å². The number of methoxy groups -OCH3 is 1. The SMILES string of the molecule is COC[C@@H]1N=C(c2ccccc2)c2ccccc2NC1=O. The summed E-state index contributed by atoms with van der Waals surface area (Å²) in [6.07, 6.45) is 0. The van der Waals surface area contributed by atoms with E-state index in [0.717, 1.165) is 22.5 Å². The summed E-state index contributed by atoms with van der Waals surface area (Å²) in [5, 5.41) is 2.92. The number of fused-ring (bicyclic) bond motifs is 1. The predicted molar refractivity (Wildman–Crippen MR) is 82.8 cm³/mol. The lowest BCUT2D eigenvalue weighted by Gasteiger charge is -2.09. The van der Waals surface area contributed by atoms with E-state index in [2.05, 4.69) is 10.3 Å². The Morgan fingerprint density at radius 2 is 1.81 bits per heavy atom. The van der Waals surface area contributed by atoms with E-state index in [-0.39, 0.29) is 12.5 Å². The molecule has 4 nitrogen and oxygen atoms in total.